The minimum atomic E-state index is 0.618. The van der Waals surface area contributed by atoms with Crippen LogP contribution in [0.25, 0.3) is 0 Å². The Morgan fingerprint density at radius 2 is 2.25 bits per heavy atom. The predicted octanol–water partition coefficient (Wildman–Crippen LogP) is 3.06. The molecule has 0 aliphatic carbocycles. The van der Waals surface area contributed by atoms with Crippen molar-refractivity contribution >= 4 is 11.6 Å². The quantitative estimate of drug-likeness (QED) is 0.857. The van der Waals surface area contributed by atoms with Crippen LogP contribution in [0.1, 0.15) is 24.8 Å². The number of nitrogens with one attached hydrogen (secondary N) is 1. The van der Waals surface area contributed by atoms with Crippen molar-refractivity contribution in [3.63, 3.8) is 0 Å². The first-order valence-electron chi connectivity index (χ1n) is 5.76. The van der Waals surface area contributed by atoms with Crippen molar-refractivity contribution in [1.82, 2.24) is 5.32 Å². The lowest BCUT2D eigenvalue weighted by molar-refractivity contribution is 0.347. The fourth-order valence-electron chi connectivity index (χ4n) is 2.42. The lowest BCUT2D eigenvalue weighted by Gasteiger charge is -2.30. The van der Waals surface area contributed by atoms with Crippen molar-refractivity contribution in [2.75, 3.05) is 20.2 Å². The van der Waals surface area contributed by atoms with Crippen LogP contribution in [0.4, 0.5) is 0 Å². The number of benzene rings is 1. The molecule has 1 aromatic rings. The lowest BCUT2D eigenvalue weighted by Crippen LogP contribution is -2.33. The Bertz CT molecular complexity index is 367. The Morgan fingerprint density at radius 1 is 1.44 bits per heavy atom. The summed E-state index contributed by atoms with van der Waals surface area (Å²) in [5.41, 5.74) is 1.34. The first kappa shape index (κ1) is 11.7. The third-order valence-electron chi connectivity index (χ3n) is 3.39. The molecule has 1 aromatic carbocycles. The van der Waals surface area contributed by atoms with Gasteiger partial charge in [-0.15, -0.1) is 0 Å². The van der Waals surface area contributed by atoms with Gasteiger partial charge in [0.25, 0.3) is 0 Å². The summed E-state index contributed by atoms with van der Waals surface area (Å²) < 4.78 is 5.26. The second kappa shape index (κ2) is 5.07. The molecular weight excluding hydrogens is 222 g/mol. The van der Waals surface area contributed by atoms with Gasteiger partial charge in [0, 0.05) is 0 Å². The molecule has 1 heterocycles. The molecule has 0 amide bonds. The smallest absolute Gasteiger partial charge is 0.137 e. The lowest BCUT2D eigenvalue weighted by atomic mass is 9.82. The SMILES string of the molecule is COc1cc(C2CCNCC2C)ccc1Cl. The summed E-state index contributed by atoms with van der Waals surface area (Å²) in [7, 11) is 1.66. The normalized spacial score (nSPS) is 25.4. The van der Waals surface area contributed by atoms with E-state index in [1.54, 1.807) is 7.11 Å². The minimum absolute atomic E-state index is 0.618. The number of halogens is 1. The third kappa shape index (κ3) is 2.33. The van der Waals surface area contributed by atoms with E-state index < -0.39 is 0 Å². The van der Waals surface area contributed by atoms with Gasteiger partial charge in [-0.1, -0.05) is 24.6 Å². The van der Waals surface area contributed by atoms with E-state index >= 15 is 0 Å². The van der Waals surface area contributed by atoms with Crippen LogP contribution >= 0.6 is 11.6 Å². The van der Waals surface area contributed by atoms with Gasteiger partial charge in [0.05, 0.1) is 12.1 Å². The predicted molar refractivity (Wildman–Crippen MR) is 67.4 cm³/mol. The van der Waals surface area contributed by atoms with E-state index in [1.807, 2.05) is 6.07 Å². The van der Waals surface area contributed by atoms with Crippen LogP contribution in [0, 0.1) is 5.92 Å². The summed E-state index contributed by atoms with van der Waals surface area (Å²) in [5.74, 6) is 2.07. The Labute approximate surface area is 102 Å². The maximum Gasteiger partial charge on any atom is 0.137 e. The molecule has 0 aromatic heterocycles. The van der Waals surface area contributed by atoms with Gasteiger partial charge in [-0.2, -0.15) is 0 Å². The zero-order valence-corrected chi connectivity index (χ0v) is 10.6. The number of hydrogen-bond acceptors (Lipinski definition) is 2. The van der Waals surface area contributed by atoms with E-state index in [0.717, 1.165) is 18.8 Å². The molecule has 0 radical (unpaired) electrons. The first-order chi connectivity index (χ1) is 7.72. The molecular formula is C13H18ClNO. The average molecular weight is 240 g/mol. The fraction of sp³-hybridized carbons (Fsp3) is 0.538. The van der Waals surface area contributed by atoms with Gasteiger partial charge < -0.3 is 10.1 Å². The van der Waals surface area contributed by atoms with Crippen LogP contribution in [0.3, 0.4) is 0 Å². The van der Waals surface area contributed by atoms with Crippen LogP contribution in [0.15, 0.2) is 18.2 Å². The molecule has 88 valence electrons. The van der Waals surface area contributed by atoms with Gasteiger partial charge in [-0.25, -0.2) is 0 Å². The first-order valence-corrected chi connectivity index (χ1v) is 6.14. The van der Waals surface area contributed by atoms with Gasteiger partial charge in [0.1, 0.15) is 5.75 Å². The van der Waals surface area contributed by atoms with Crippen molar-refractivity contribution in [1.29, 1.82) is 0 Å². The molecule has 2 rings (SSSR count). The van der Waals surface area contributed by atoms with Gasteiger partial charge >= 0.3 is 0 Å². The van der Waals surface area contributed by atoms with Gasteiger partial charge in [-0.3, -0.25) is 0 Å². The molecule has 2 unspecified atom stereocenters. The summed E-state index contributed by atoms with van der Waals surface area (Å²) >= 11 is 6.03. The summed E-state index contributed by atoms with van der Waals surface area (Å²) in [6.07, 6.45) is 1.19. The fourth-order valence-corrected chi connectivity index (χ4v) is 2.61. The van der Waals surface area contributed by atoms with Crippen molar-refractivity contribution < 1.29 is 4.74 Å². The van der Waals surface area contributed by atoms with E-state index in [9.17, 15) is 0 Å². The van der Waals surface area contributed by atoms with E-state index in [0.29, 0.717) is 16.9 Å². The highest BCUT2D eigenvalue weighted by atomic mass is 35.5. The van der Waals surface area contributed by atoms with Crippen molar-refractivity contribution in [2.24, 2.45) is 5.92 Å². The Kier molecular flexibility index (Phi) is 3.72. The molecule has 0 spiro atoms. The maximum absolute atomic E-state index is 6.03. The van der Waals surface area contributed by atoms with Gasteiger partial charge in [0.15, 0.2) is 0 Å². The molecule has 1 saturated heterocycles. The zero-order valence-electron chi connectivity index (χ0n) is 9.79. The minimum Gasteiger partial charge on any atom is -0.495 e. The number of hydrogen-bond donors (Lipinski definition) is 1. The van der Waals surface area contributed by atoms with Gasteiger partial charge in [-0.05, 0) is 49.0 Å². The van der Waals surface area contributed by atoms with Crippen molar-refractivity contribution in [3.8, 4) is 5.75 Å². The second-order valence-electron chi connectivity index (χ2n) is 4.47. The van der Waals surface area contributed by atoms with Crippen LogP contribution in [0.2, 0.25) is 5.02 Å². The number of piperidine rings is 1. The topological polar surface area (TPSA) is 21.3 Å². The second-order valence-corrected chi connectivity index (χ2v) is 4.88. The van der Waals surface area contributed by atoms with Crippen molar-refractivity contribution in [2.45, 2.75) is 19.3 Å². The molecule has 0 bridgehead atoms. The molecule has 3 heteroatoms. The largest absolute Gasteiger partial charge is 0.495 e. The van der Waals surface area contributed by atoms with Gasteiger partial charge in [0.2, 0.25) is 0 Å². The Balaban J connectivity index is 2.25. The van der Waals surface area contributed by atoms with Crippen LogP contribution < -0.4 is 10.1 Å². The molecule has 0 saturated carbocycles. The molecule has 1 N–H and O–H groups in total. The maximum atomic E-state index is 6.03. The molecule has 1 aliphatic heterocycles. The standard InChI is InChI=1S/C13H18ClNO/c1-9-8-15-6-5-11(9)10-3-4-12(14)13(7-10)16-2/h3-4,7,9,11,15H,5-6,8H2,1-2H3. The van der Waals surface area contributed by atoms with E-state index in [-0.39, 0.29) is 0 Å². The van der Waals surface area contributed by atoms with Crippen LogP contribution in [-0.4, -0.2) is 20.2 Å². The monoisotopic (exact) mass is 239 g/mol. The van der Waals surface area contributed by atoms with E-state index in [2.05, 4.69) is 24.4 Å². The Hall–Kier alpha value is -0.730. The number of methoxy groups -OCH3 is 1. The summed E-state index contributed by atoms with van der Waals surface area (Å²) in [4.78, 5) is 0. The number of rotatable bonds is 2. The highest BCUT2D eigenvalue weighted by Crippen LogP contribution is 2.34. The average Bonchev–Trinajstić information content (AvgIpc) is 2.31. The summed E-state index contributed by atoms with van der Waals surface area (Å²) in [6.45, 7) is 4.48. The van der Waals surface area contributed by atoms with Crippen molar-refractivity contribution in [3.05, 3.63) is 28.8 Å². The third-order valence-corrected chi connectivity index (χ3v) is 3.70. The van der Waals surface area contributed by atoms with E-state index in [4.69, 9.17) is 16.3 Å². The zero-order chi connectivity index (χ0) is 11.5. The summed E-state index contributed by atoms with van der Waals surface area (Å²) in [5, 5.41) is 4.10. The summed E-state index contributed by atoms with van der Waals surface area (Å²) in [6, 6.07) is 6.14. The van der Waals surface area contributed by atoms with Crippen LogP contribution in [0.5, 0.6) is 5.75 Å². The number of ether oxygens (including phenoxy) is 1. The molecule has 1 fully saturated rings. The van der Waals surface area contributed by atoms with E-state index in [1.165, 1.54) is 12.0 Å². The molecule has 16 heavy (non-hydrogen) atoms. The Morgan fingerprint density at radius 3 is 2.94 bits per heavy atom. The molecule has 1 aliphatic rings. The highest BCUT2D eigenvalue weighted by molar-refractivity contribution is 6.32. The van der Waals surface area contributed by atoms with Crippen LogP contribution in [-0.2, 0) is 0 Å². The highest BCUT2D eigenvalue weighted by Gasteiger charge is 2.23. The molecule has 2 atom stereocenters. The molecule has 2 nitrogen and oxygen atoms in total.